The number of halogens is 4. The molecule has 1 aliphatic heterocycles. The third-order valence-electron chi connectivity index (χ3n) is 5.10. The van der Waals surface area contributed by atoms with Gasteiger partial charge in [-0.2, -0.15) is 0 Å². The third-order valence-corrected chi connectivity index (χ3v) is 5.46. The smallest absolute Gasteiger partial charge is 0.545 e. The molecular weight excluding hydrogens is 464 g/mol. The zero-order chi connectivity index (χ0) is 22.8. The van der Waals surface area contributed by atoms with Gasteiger partial charge in [0.05, 0.1) is 39.2 Å². The van der Waals surface area contributed by atoms with Crippen LogP contribution in [0.3, 0.4) is 0 Å². The van der Waals surface area contributed by atoms with Crippen LogP contribution in [0.15, 0.2) is 17.1 Å². The second kappa shape index (κ2) is 8.56. The predicted octanol–water partition coefficient (Wildman–Crippen LogP) is -2.10. The largest absolute Gasteiger partial charge is 1.00 e. The summed E-state index contributed by atoms with van der Waals surface area (Å²) in [4.78, 5) is 29.3. The van der Waals surface area contributed by atoms with Crippen molar-refractivity contribution in [2.75, 3.05) is 23.7 Å². The van der Waals surface area contributed by atoms with E-state index in [0.717, 1.165) is 4.57 Å². The number of pyridine rings is 2. The minimum atomic E-state index is -1.90. The van der Waals surface area contributed by atoms with Crippen LogP contribution >= 0.6 is 11.6 Å². The molecule has 3 N–H and O–H groups in total. The molecule has 0 radical (unpaired) electrons. The number of aromatic carboxylic acids is 1. The number of β-amino-alcohol motifs (C(OH)–C–C–N with tert-alkyl or cyclic N) is 1. The Balaban J connectivity index is 0.00000289. The van der Waals surface area contributed by atoms with Gasteiger partial charge in [-0.15, -0.1) is 0 Å². The molecule has 13 heteroatoms. The van der Waals surface area contributed by atoms with Crippen LogP contribution in [0.2, 0.25) is 5.02 Å². The Kier molecular flexibility index (Phi) is 6.51. The Hall–Kier alpha value is -2.31. The molecule has 1 fully saturated rings. The normalized spacial score (nSPS) is 13.8. The average molecular weight is 477 g/mol. The van der Waals surface area contributed by atoms with Crippen molar-refractivity contribution in [1.29, 1.82) is 0 Å². The summed E-state index contributed by atoms with van der Waals surface area (Å²) < 4.78 is 44.2. The van der Waals surface area contributed by atoms with Gasteiger partial charge < -0.3 is 25.6 Å². The number of nitrogen functional groups attached to an aromatic ring is 1. The fraction of sp³-hybridized carbons (Fsp3) is 0.211. The van der Waals surface area contributed by atoms with Gasteiger partial charge in [0.25, 0.3) is 0 Å². The predicted molar refractivity (Wildman–Crippen MR) is 104 cm³/mol. The number of benzene rings is 1. The standard InChI is InChI=1S/C19H14ClF3N4O4.Na/c1-6-11-14(12(20)15(13(6)23)26-3-7(28)4-26)27(5-8(16(11)29)19(30)31)18-10(22)2-9(21)17(24)25-18;/h2,5,7,28H,3-4H2,1H3,(H2,24,25)(H,30,31);/q;+1/p-1. The monoisotopic (exact) mass is 476 g/mol. The fourth-order valence-corrected chi connectivity index (χ4v) is 3.93. The van der Waals surface area contributed by atoms with Gasteiger partial charge in [-0.25, -0.2) is 18.2 Å². The summed E-state index contributed by atoms with van der Waals surface area (Å²) in [6, 6.07) is 0.428. The van der Waals surface area contributed by atoms with Gasteiger partial charge in [-0.3, -0.25) is 9.36 Å². The van der Waals surface area contributed by atoms with Gasteiger partial charge in [0, 0.05) is 30.9 Å². The Morgan fingerprint density at radius 2 is 1.94 bits per heavy atom. The molecule has 0 unspecified atom stereocenters. The van der Waals surface area contributed by atoms with Crippen LogP contribution in [0.5, 0.6) is 0 Å². The Bertz CT molecular complexity index is 1350. The van der Waals surface area contributed by atoms with E-state index in [-0.39, 0.29) is 64.4 Å². The molecule has 0 amide bonds. The van der Waals surface area contributed by atoms with Gasteiger partial charge >= 0.3 is 29.6 Å². The number of hydrogen-bond acceptors (Lipinski definition) is 7. The van der Waals surface area contributed by atoms with Crippen LogP contribution in [-0.4, -0.2) is 39.8 Å². The number of aryl methyl sites for hydroxylation is 1. The minimum absolute atomic E-state index is 0. The van der Waals surface area contributed by atoms with E-state index in [9.17, 15) is 28.6 Å². The van der Waals surface area contributed by atoms with E-state index in [1.54, 1.807) is 0 Å². The number of carbonyl (C=O) groups excluding carboxylic acids is 1. The van der Waals surface area contributed by atoms with Gasteiger partial charge in [0.2, 0.25) is 0 Å². The maximum atomic E-state index is 15.2. The number of aliphatic hydroxyl groups is 1. The molecule has 0 saturated carbocycles. The maximum Gasteiger partial charge on any atom is 1.00 e. The quantitative estimate of drug-likeness (QED) is 0.415. The number of anilines is 2. The molecule has 0 spiro atoms. The summed E-state index contributed by atoms with van der Waals surface area (Å²) >= 11 is 6.41. The van der Waals surface area contributed by atoms with Gasteiger partial charge in [-0.05, 0) is 6.92 Å². The summed E-state index contributed by atoms with van der Waals surface area (Å²) in [6.45, 7) is 1.33. The SMILES string of the molecule is Cc1c(F)c(N2CC(O)C2)c(Cl)c2c1c(=O)c(C(=O)[O-])cn2-c1nc(N)c(F)cc1F.[Na+]. The number of rotatable bonds is 3. The number of carbonyl (C=O) groups is 1. The van der Waals surface area contributed by atoms with Gasteiger partial charge in [-0.1, -0.05) is 11.6 Å². The molecule has 1 aliphatic rings. The Morgan fingerprint density at radius 3 is 2.50 bits per heavy atom. The van der Waals surface area contributed by atoms with Crippen molar-refractivity contribution < 1.29 is 57.7 Å². The summed E-state index contributed by atoms with van der Waals surface area (Å²) in [5.41, 5.74) is 2.73. The molecule has 8 nitrogen and oxygen atoms in total. The first-order chi connectivity index (χ1) is 14.5. The molecule has 0 aliphatic carbocycles. The van der Waals surface area contributed by atoms with Crippen molar-refractivity contribution in [3.63, 3.8) is 0 Å². The minimum Gasteiger partial charge on any atom is -0.545 e. The van der Waals surface area contributed by atoms with E-state index < -0.39 is 57.5 Å². The third kappa shape index (κ3) is 3.63. The zero-order valence-electron chi connectivity index (χ0n) is 16.7. The van der Waals surface area contributed by atoms with Crippen molar-refractivity contribution in [3.8, 4) is 5.82 Å². The molecule has 3 aromatic rings. The van der Waals surface area contributed by atoms with E-state index in [4.69, 9.17) is 17.3 Å². The zero-order valence-corrected chi connectivity index (χ0v) is 19.5. The Morgan fingerprint density at radius 1 is 1.31 bits per heavy atom. The maximum absolute atomic E-state index is 15.2. The number of carboxylic acid groups (broad SMARTS) is 1. The number of fused-ring (bicyclic) bond motifs is 1. The molecule has 0 bridgehead atoms. The summed E-state index contributed by atoms with van der Waals surface area (Å²) in [7, 11) is 0. The molecule has 1 saturated heterocycles. The first kappa shape index (κ1) is 24.3. The number of aliphatic hydroxyl groups excluding tert-OH is 1. The van der Waals surface area contributed by atoms with E-state index in [1.165, 1.54) is 11.8 Å². The molecular formula is C19H13ClF3N4NaO4. The molecule has 1 aromatic carbocycles. The van der Waals surface area contributed by atoms with Crippen LogP contribution in [0.25, 0.3) is 16.7 Å². The van der Waals surface area contributed by atoms with Crippen molar-refractivity contribution in [3.05, 3.63) is 56.1 Å². The van der Waals surface area contributed by atoms with E-state index >= 15 is 4.39 Å². The first-order valence-electron chi connectivity index (χ1n) is 8.86. The molecule has 3 heterocycles. The number of carboxylic acids is 1. The molecule has 2 aromatic heterocycles. The van der Waals surface area contributed by atoms with Gasteiger partial charge in [0.1, 0.15) is 0 Å². The number of nitrogens with zero attached hydrogens (tertiary/aromatic N) is 3. The topological polar surface area (TPSA) is 125 Å². The van der Waals surface area contributed by atoms with Crippen LogP contribution in [-0.2, 0) is 0 Å². The van der Waals surface area contributed by atoms with Crippen molar-refractivity contribution in [2.45, 2.75) is 13.0 Å². The van der Waals surface area contributed by atoms with Crippen molar-refractivity contribution in [2.24, 2.45) is 0 Å². The molecule has 162 valence electrons. The van der Waals surface area contributed by atoms with Crippen LogP contribution in [0.1, 0.15) is 15.9 Å². The van der Waals surface area contributed by atoms with Crippen LogP contribution < -0.4 is 50.7 Å². The van der Waals surface area contributed by atoms with Crippen LogP contribution in [0, 0.1) is 24.4 Å². The van der Waals surface area contributed by atoms with Crippen molar-refractivity contribution >= 4 is 40.0 Å². The average Bonchev–Trinajstić information content (AvgIpc) is 2.67. The molecule has 4 rings (SSSR count). The van der Waals surface area contributed by atoms with E-state index in [0.29, 0.717) is 12.3 Å². The second-order valence-corrected chi connectivity index (χ2v) is 7.45. The van der Waals surface area contributed by atoms with E-state index in [1.807, 2.05) is 0 Å². The molecule has 0 atom stereocenters. The fourth-order valence-electron chi connectivity index (χ4n) is 3.54. The van der Waals surface area contributed by atoms with Crippen LogP contribution in [0.4, 0.5) is 24.7 Å². The first-order valence-corrected chi connectivity index (χ1v) is 9.23. The summed E-state index contributed by atoms with van der Waals surface area (Å²) in [5, 5.41) is 20.3. The summed E-state index contributed by atoms with van der Waals surface area (Å²) in [6.07, 6.45) is -0.00843. The Labute approximate surface area is 205 Å². The van der Waals surface area contributed by atoms with Gasteiger partial charge in [0.15, 0.2) is 34.5 Å². The number of hydrogen-bond donors (Lipinski definition) is 2. The van der Waals surface area contributed by atoms with E-state index in [2.05, 4.69) is 4.98 Å². The molecule has 32 heavy (non-hydrogen) atoms. The number of aromatic nitrogens is 2. The van der Waals surface area contributed by atoms with Crippen molar-refractivity contribution in [1.82, 2.24) is 9.55 Å². The summed E-state index contributed by atoms with van der Waals surface area (Å²) in [5.74, 6) is -6.55. The second-order valence-electron chi connectivity index (χ2n) is 7.07. The number of nitrogens with two attached hydrogens (primary N) is 1.